The molecule has 2 rings (SSSR count). The van der Waals surface area contributed by atoms with Crippen LogP contribution >= 0.6 is 0 Å². The number of rotatable bonds is 7. The summed E-state index contributed by atoms with van der Waals surface area (Å²) in [7, 11) is 0. The Bertz CT molecular complexity index is 623. The molecule has 0 unspecified atom stereocenters. The lowest BCUT2D eigenvalue weighted by Gasteiger charge is -2.07. The highest BCUT2D eigenvalue weighted by Gasteiger charge is 2.06. The van der Waals surface area contributed by atoms with Gasteiger partial charge in [0.05, 0.1) is 6.61 Å². The summed E-state index contributed by atoms with van der Waals surface area (Å²) in [4.78, 5) is 23.3. The Balaban J connectivity index is 1.75. The number of aryl methyl sites for hydroxylation is 1. The van der Waals surface area contributed by atoms with E-state index >= 15 is 0 Å². The molecule has 0 bridgehead atoms. The SMILES string of the molecule is CCOC(=O)Nc1ccc(C(=O)NCCCn2cccn2)cc1. The number of hydrogen-bond acceptors (Lipinski definition) is 4. The van der Waals surface area contributed by atoms with Crippen LogP contribution in [-0.2, 0) is 11.3 Å². The van der Waals surface area contributed by atoms with E-state index in [1.165, 1.54) is 0 Å². The molecule has 1 heterocycles. The number of amides is 2. The second-order valence-corrected chi connectivity index (χ2v) is 4.80. The first-order valence-electron chi connectivity index (χ1n) is 7.48. The topological polar surface area (TPSA) is 85.2 Å². The van der Waals surface area contributed by atoms with E-state index in [1.54, 1.807) is 37.4 Å². The van der Waals surface area contributed by atoms with Crippen molar-refractivity contribution < 1.29 is 14.3 Å². The van der Waals surface area contributed by atoms with Gasteiger partial charge in [0.2, 0.25) is 0 Å². The summed E-state index contributed by atoms with van der Waals surface area (Å²) in [6.45, 7) is 3.38. The van der Waals surface area contributed by atoms with Crippen LogP contribution in [-0.4, -0.2) is 34.9 Å². The molecule has 0 fully saturated rings. The predicted octanol–water partition coefficient (Wildman–Crippen LogP) is 2.27. The summed E-state index contributed by atoms with van der Waals surface area (Å²) in [6, 6.07) is 8.50. The maximum Gasteiger partial charge on any atom is 0.411 e. The first-order valence-corrected chi connectivity index (χ1v) is 7.48. The average Bonchev–Trinajstić information content (AvgIpc) is 3.05. The van der Waals surface area contributed by atoms with Gasteiger partial charge in [0.1, 0.15) is 0 Å². The quantitative estimate of drug-likeness (QED) is 0.767. The number of carbonyl (C=O) groups is 2. The van der Waals surface area contributed by atoms with Crippen molar-refractivity contribution in [1.82, 2.24) is 15.1 Å². The van der Waals surface area contributed by atoms with Crippen molar-refractivity contribution >= 4 is 17.7 Å². The lowest BCUT2D eigenvalue weighted by atomic mass is 10.2. The zero-order valence-corrected chi connectivity index (χ0v) is 13.0. The van der Waals surface area contributed by atoms with Gasteiger partial charge in [-0.3, -0.25) is 14.8 Å². The van der Waals surface area contributed by atoms with Crippen molar-refractivity contribution in [2.24, 2.45) is 0 Å². The molecule has 0 saturated heterocycles. The third-order valence-electron chi connectivity index (χ3n) is 3.08. The van der Waals surface area contributed by atoms with Crippen molar-refractivity contribution in [2.45, 2.75) is 19.9 Å². The number of anilines is 1. The summed E-state index contributed by atoms with van der Waals surface area (Å²) in [5.74, 6) is -0.145. The fraction of sp³-hybridized carbons (Fsp3) is 0.312. The van der Waals surface area contributed by atoms with Crippen LogP contribution in [0.3, 0.4) is 0 Å². The molecule has 23 heavy (non-hydrogen) atoms. The highest BCUT2D eigenvalue weighted by atomic mass is 16.5. The van der Waals surface area contributed by atoms with Crippen LogP contribution in [0.2, 0.25) is 0 Å². The number of ether oxygens (including phenoxy) is 1. The second kappa shape index (κ2) is 8.57. The number of carbonyl (C=O) groups excluding carboxylic acids is 2. The van der Waals surface area contributed by atoms with Crippen LogP contribution in [0.25, 0.3) is 0 Å². The molecule has 0 atom stereocenters. The van der Waals surface area contributed by atoms with Crippen LogP contribution in [0.1, 0.15) is 23.7 Å². The van der Waals surface area contributed by atoms with Crippen LogP contribution in [0.15, 0.2) is 42.7 Å². The van der Waals surface area contributed by atoms with Gasteiger partial charge in [-0.1, -0.05) is 0 Å². The smallest absolute Gasteiger partial charge is 0.411 e. The molecular weight excluding hydrogens is 296 g/mol. The fourth-order valence-electron chi connectivity index (χ4n) is 1.97. The summed E-state index contributed by atoms with van der Waals surface area (Å²) in [6.07, 6.45) is 3.90. The maximum absolute atomic E-state index is 12.0. The minimum absolute atomic E-state index is 0.145. The van der Waals surface area contributed by atoms with E-state index in [0.29, 0.717) is 24.4 Å². The van der Waals surface area contributed by atoms with Crippen molar-refractivity contribution in [3.05, 3.63) is 48.3 Å². The van der Waals surface area contributed by atoms with Crippen molar-refractivity contribution in [3.8, 4) is 0 Å². The zero-order chi connectivity index (χ0) is 16.5. The summed E-state index contributed by atoms with van der Waals surface area (Å²) >= 11 is 0. The second-order valence-electron chi connectivity index (χ2n) is 4.80. The van der Waals surface area contributed by atoms with E-state index in [-0.39, 0.29) is 5.91 Å². The molecular formula is C16H20N4O3. The predicted molar refractivity (Wildman–Crippen MR) is 86.3 cm³/mol. The van der Waals surface area contributed by atoms with Gasteiger partial charge in [0.15, 0.2) is 0 Å². The molecule has 2 amide bonds. The molecule has 122 valence electrons. The van der Waals surface area contributed by atoms with Gasteiger partial charge in [0.25, 0.3) is 5.91 Å². The van der Waals surface area contributed by atoms with Crippen LogP contribution in [0.5, 0.6) is 0 Å². The number of nitrogens with zero attached hydrogens (tertiary/aromatic N) is 2. The molecule has 7 nitrogen and oxygen atoms in total. The largest absolute Gasteiger partial charge is 0.450 e. The molecule has 1 aromatic carbocycles. The number of benzene rings is 1. The van der Waals surface area contributed by atoms with Gasteiger partial charge < -0.3 is 10.1 Å². The third kappa shape index (κ3) is 5.46. The van der Waals surface area contributed by atoms with Gasteiger partial charge in [-0.05, 0) is 43.7 Å². The molecule has 2 N–H and O–H groups in total. The molecule has 0 saturated carbocycles. The van der Waals surface area contributed by atoms with Crippen molar-refractivity contribution in [2.75, 3.05) is 18.5 Å². The molecule has 0 aliphatic carbocycles. The zero-order valence-electron chi connectivity index (χ0n) is 13.0. The Morgan fingerprint density at radius 2 is 2.04 bits per heavy atom. The molecule has 0 aliphatic heterocycles. The monoisotopic (exact) mass is 316 g/mol. The Kier molecular flexibility index (Phi) is 6.17. The Labute approximate surface area is 134 Å². The van der Waals surface area contributed by atoms with Crippen LogP contribution in [0, 0.1) is 0 Å². The molecule has 0 spiro atoms. The van der Waals surface area contributed by atoms with Crippen molar-refractivity contribution in [1.29, 1.82) is 0 Å². The number of hydrogen-bond donors (Lipinski definition) is 2. The van der Waals surface area contributed by atoms with E-state index in [2.05, 4.69) is 15.7 Å². The fourth-order valence-corrected chi connectivity index (χ4v) is 1.97. The lowest BCUT2D eigenvalue weighted by Crippen LogP contribution is -2.25. The Hall–Kier alpha value is -2.83. The highest BCUT2D eigenvalue weighted by molar-refractivity contribution is 5.95. The van der Waals surface area contributed by atoms with Gasteiger partial charge in [-0.25, -0.2) is 4.79 Å². The standard InChI is InChI=1S/C16H20N4O3/c1-2-23-16(22)19-14-7-5-13(6-8-14)15(21)17-9-3-11-20-12-4-10-18-20/h4-8,10,12H,2-3,9,11H2,1H3,(H,17,21)(H,19,22). The minimum Gasteiger partial charge on any atom is -0.450 e. The van der Waals surface area contributed by atoms with Crippen LogP contribution in [0.4, 0.5) is 10.5 Å². The average molecular weight is 316 g/mol. The minimum atomic E-state index is -0.511. The Morgan fingerprint density at radius 1 is 1.26 bits per heavy atom. The van der Waals surface area contributed by atoms with Gasteiger partial charge in [0, 0.05) is 36.7 Å². The van der Waals surface area contributed by atoms with E-state index in [9.17, 15) is 9.59 Å². The molecule has 2 aromatic rings. The van der Waals surface area contributed by atoms with E-state index in [4.69, 9.17) is 4.74 Å². The molecule has 0 radical (unpaired) electrons. The third-order valence-corrected chi connectivity index (χ3v) is 3.08. The molecule has 7 heteroatoms. The molecule has 1 aromatic heterocycles. The lowest BCUT2D eigenvalue weighted by molar-refractivity contribution is 0.0952. The van der Waals surface area contributed by atoms with Crippen molar-refractivity contribution in [3.63, 3.8) is 0 Å². The van der Waals surface area contributed by atoms with E-state index < -0.39 is 6.09 Å². The van der Waals surface area contributed by atoms with Gasteiger partial charge in [-0.2, -0.15) is 5.10 Å². The first kappa shape index (κ1) is 16.5. The van der Waals surface area contributed by atoms with E-state index in [0.717, 1.165) is 13.0 Å². The summed E-state index contributed by atoms with van der Waals surface area (Å²) in [5, 5.41) is 9.52. The Morgan fingerprint density at radius 3 is 2.70 bits per heavy atom. The van der Waals surface area contributed by atoms with E-state index in [1.807, 2.05) is 16.9 Å². The van der Waals surface area contributed by atoms with Gasteiger partial charge >= 0.3 is 6.09 Å². The molecule has 0 aliphatic rings. The first-order chi connectivity index (χ1) is 11.2. The summed E-state index contributed by atoms with van der Waals surface area (Å²) in [5.41, 5.74) is 1.12. The number of aromatic nitrogens is 2. The summed E-state index contributed by atoms with van der Waals surface area (Å²) < 4.78 is 6.60. The number of nitrogens with one attached hydrogen (secondary N) is 2. The highest BCUT2D eigenvalue weighted by Crippen LogP contribution is 2.10. The van der Waals surface area contributed by atoms with Gasteiger partial charge in [-0.15, -0.1) is 0 Å². The normalized spacial score (nSPS) is 10.1. The van der Waals surface area contributed by atoms with Crippen LogP contribution < -0.4 is 10.6 Å². The maximum atomic E-state index is 12.0.